The van der Waals surface area contributed by atoms with E-state index in [4.69, 9.17) is 18.9 Å². The Morgan fingerprint density at radius 1 is 1.11 bits per heavy atom. The first-order valence-corrected chi connectivity index (χ1v) is 15.2. The minimum absolute atomic E-state index is 0.0158. The van der Waals surface area contributed by atoms with Gasteiger partial charge in [-0.2, -0.15) is 13.2 Å². The molecule has 0 bridgehead atoms. The van der Waals surface area contributed by atoms with Crippen LogP contribution in [0.1, 0.15) is 72.9 Å². The Bertz CT molecular complexity index is 1490. The van der Waals surface area contributed by atoms with Gasteiger partial charge < -0.3 is 18.9 Å². The van der Waals surface area contributed by atoms with Gasteiger partial charge in [0.1, 0.15) is 29.5 Å². The highest BCUT2D eigenvalue weighted by Crippen LogP contribution is 2.44. The number of halogens is 3. The van der Waals surface area contributed by atoms with Gasteiger partial charge in [-0.3, -0.25) is 19.7 Å². The molecule has 238 valence electrons. The SMILES string of the molecule is CCOC(=O)CCCCOc1c(C)c(C)c2c(c1C)CCC(C)(COc1ccc(/C=C3/SC(=O)NC3=O)cc1C(F)(F)F)O2. The van der Waals surface area contributed by atoms with Gasteiger partial charge in [0.15, 0.2) is 0 Å². The van der Waals surface area contributed by atoms with Crippen LogP contribution in [0.5, 0.6) is 17.2 Å². The number of benzene rings is 2. The lowest BCUT2D eigenvalue weighted by Crippen LogP contribution is -2.42. The number of carbonyl (C=O) groups is 3. The van der Waals surface area contributed by atoms with Gasteiger partial charge in [-0.25, -0.2) is 0 Å². The van der Waals surface area contributed by atoms with Gasteiger partial charge in [0.25, 0.3) is 11.1 Å². The lowest BCUT2D eigenvalue weighted by molar-refractivity contribution is -0.143. The van der Waals surface area contributed by atoms with Crippen LogP contribution in [-0.4, -0.2) is 42.5 Å². The zero-order valence-corrected chi connectivity index (χ0v) is 26.2. The van der Waals surface area contributed by atoms with Crippen molar-refractivity contribution in [3.8, 4) is 17.2 Å². The highest BCUT2D eigenvalue weighted by atomic mass is 32.2. The molecule has 4 rings (SSSR count). The molecule has 0 aliphatic carbocycles. The van der Waals surface area contributed by atoms with E-state index in [1.807, 2.05) is 27.7 Å². The molecule has 1 fully saturated rings. The van der Waals surface area contributed by atoms with E-state index in [9.17, 15) is 27.6 Å². The topological polar surface area (TPSA) is 100 Å². The molecule has 0 spiro atoms. The van der Waals surface area contributed by atoms with E-state index >= 15 is 0 Å². The lowest BCUT2D eigenvalue weighted by Gasteiger charge is -2.38. The van der Waals surface area contributed by atoms with Crippen LogP contribution in [0.4, 0.5) is 18.0 Å². The molecule has 2 aliphatic rings. The number of esters is 1. The van der Waals surface area contributed by atoms with Crippen molar-refractivity contribution in [1.29, 1.82) is 0 Å². The lowest BCUT2D eigenvalue weighted by atomic mass is 9.87. The second-order valence-electron chi connectivity index (χ2n) is 11.1. The summed E-state index contributed by atoms with van der Waals surface area (Å²) in [5.41, 5.74) is 1.98. The smallest absolute Gasteiger partial charge is 0.419 e. The van der Waals surface area contributed by atoms with E-state index < -0.39 is 28.5 Å². The Balaban J connectivity index is 1.46. The van der Waals surface area contributed by atoms with Crippen molar-refractivity contribution in [3.05, 3.63) is 56.5 Å². The van der Waals surface area contributed by atoms with Gasteiger partial charge in [0.05, 0.1) is 23.7 Å². The van der Waals surface area contributed by atoms with Gasteiger partial charge in [-0.1, -0.05) is 6.07 Å². The Morgan fingerprint density at radius 2 is 1.86 bits per heavy atom. The molecule has 2 amide bonds. The number of hydrogen-bond acceptors (Lipinski definition) is 8. The van der Waals surface area contributed by atoms with E-state index in [0.29, 0.717) is 62.8 Å². The number of hydrogen-bond donors (Lipinski definition) is 1. The average Bonchev–Trinajstić information content (AvgIpc) is 3.28. The van der Waals surface area contributed by atoms with Gasteiger partial charge in [0, 0.05) is 12.0 Å². The Kier molecular flexibility index (Phi) is 10.2. The number of carbonyl (C=O) groups excluding carboxylic acids is 3. The summed E-state index contributed by atoms with van der Waals surface area (Å²) in [6, 6.07) is 3.51. The molecule has 2 aliphatic heterocycles. The van der Waals surface area contributed by atoms with Gasteiger partial charge >= 0.3 is 12.1 Å². The van der Waals surface area contributed by atoms with Crippen molar-refractivity contribution < 1.29 is 46.5 Å². The molecule has 1 unspecified atom stereocenters. The molecule has 2 heterocycles. The van der Waals surface area contributed by atoms with Gasteiger partial charge in [-0.15, -0.1) is 0 Å². The highest BCUT2D eigenvalue weighted by Gasteiger charge is 2.38. The Hall–Kier alpha value is -3.67. The van der Waals surface area contributed by atoms with E-state index in [1.54, 1.807) is 6.92 Å². The van der Waals surface area contributed by atoms with Crippen molar-refractivity contribution >= 4 is 35.0 Å². The zero-order chi connectivity index (χ0) is 32.2. The maximum Gasteiger partial charge on any atom is 0.419 e. The summed E-state index contributed by atoms with van der Waals surface area (Å²) in [5.74, 6) is 0.244. The summed E-state index contributed by atoms with van der Waals surface area (Å²) in [5, 5.41) is 1.50. The molecule has 1 N–H and O–H groups in total. The first-order chi connectivity index (χ1) is 20.7. The Morgan fingerprint density at radius 3 is 2.52 bits per heavy atom. The molecular weight excluding hydrogens is 599 g/mol. The molecule has 12 heteroatoms. The van der Waals surface area contributed by atoms with E-state index in [-0.39, 0.29) is 28.8 Å². The molecule has 0 radical (unpaired) electrons. The van der Waals surface area contributed by atoms with Crippen LogP contribution in [0, 0.1) is 20.8 Å². The third kappa shape index (κ3) is 7.69. The number of thioether (sulfide) groups is 1. The zero-order valence-electron chi connectivity index (χ0n) is 25.4. The average molecular weight is 636 g/mol. The summed E-state index contributed by atoms with van der Waals surface area (Å²) in [4.78, 5) is 34.8. The summed E-state index contributed by atoms with van der Waals surface area (Å²) in [6.45, 7) is 10.1. The fourth-order valence-corrected chi connectivity index (χ4v) is 5.85. The van der Waals surface area contributed by atoms with Crippen molar-refractivity contribution in [2.45, 2.75) is 78.5 Å². The van der Waals surface area contributed by atoms with Gasteiger partial charge in [0.2, 0.25) is 0 Å². The molecule has 1 atom stereocenters. The molecular formula is C32H36F3NO7S. The van der Waals surface area contributed by atoms with E-state index in [1.165, 1.54) is 18.2 Å². The van der Waals surface area contributed by atoms with E-state index in [2.05, 4.69) is 5.32 Å². The second kappa shape index (κ2) is 13.5. The predicted molar refractivity (Wildman–Crippen MR) is 160 cm³/mol. The summed E-state index contributed by atoms with van der Waals surface area (Å²) < 4.78 is 65.3. The predicted octanol–water partition coefficient (Wildman–Crippen LogP) is 7.23. The minimum atomic E-state index is -4.72. The maximum atomic E-state index is 14.0. The standard InChI is InChI=1S/C32H36F3NO7S/c1-6-40-26(37)9-7-8-14-41-27-18(2)19(3)28-22(20(27)4)12-13-31(5,43-28)17-42-24-11-10-21(15-23(24)32(33,34)35)16-25-29(38)36-30(39)44-25/h10-11,15-16H,6-9,12-14,17H2,1-5H3,(H,36,38,39)/b25-16+. The number of ether oxygens (including phenoxy) is 4. The number of amides is 2. The first-order valence-electron chi connectivity index (χ1n) is 14.4. The van der Waals surface area contributed by atoms with Crippen LogP contribution in [0.15, 0.2) is 23.1 Å². The third-order valence-electron chi connectivity index (χ3n) is 7.67. The molecule has 2 aromatic rings. The van der Waals surface area contributed by atoms with Crippen LogP contribution >= 0.6 is 11.8 Å². The first kappa shape index (κ1) is 33.2. The molecule has 0 saturated carbocycles. The van der Waals surface area contributed by atoms with Crippen LogP contribution in [0.25, 0.3) is 6.08 Å². The van der Waals surface area contributed by atoms with Gasteiger partial charge in [-0.05, 0) is 113 Å². The minimum Gasteiger partial charge on any atom is -0.493 e. The fourth-order valence-electron chi connectivity index (χ4n) is 5.17. The number of unbranched alkanes of at least 4 members (excludes halogenated alkanes) is 1. The number of fused-ring (bicyclic) bond motifs is 1. The van der Waals surface area contributed by atoms with Crippen molar-refractivity contribution in [1.82, 2.24) is 5.32 Å². The number of alkyl halides is 3. The van der Waals surface area contributed by atoms with Crippen molar-refractivity contribution in [2.24, 2.45) is 0 Å². The molecule has 2 aromatic carbocycles. The highest BCUT2D eigenvalue weighted by molar-refractivity contribution is 8.18. The largest absolute Gasteiger partial charge is 0.493 e. The normalized spacial score (nSPS) is 19.0. The van der Waals surface area contributed by atoms with Crippen LogP contribution in [0.3, 0.4) is 0 Å². The molecule has 44 heavy (non-hydrogen) atoms. The summed E-state index contributed by atoms with van der Waals surface area (Å²) in [6.07, 6.45) is -0.638. The number of rotatable bonds is 11. The van der Waals surface area contributed by atoms with Crippen LogP contribution in [-0.2, 0) is 26.9 Å². The fraction of sp³-hybridized carbons (Fsp3) is 0.469. The van der Waals surface area contributed by atoms with Crippen LogP contribution < -0.4 is 19.5 Å². The second-order valence-corrected chi connectivity index (χ2v) is 12.1. The number of nitrogens with one attached hydrogen (secondary N) is 1. The van der Waals surface area contributed by atoms with Crippen molar-refractivity contribution in [2.75, 3.05) is 19.8 Å². The third-order valence-corrected chi connectivity index (χ3v) is 8.48. The Labute approximate surface area is 258 Å². The summed E-state index contributed by atoms with van der Waals surface area (Å²) >= 11 is 0.630. The van der Waals surface area contributed by atoms with Crippen molar-refractivity contribution in [3.63, 3.8) is 0 Å². The molecule has 0 aromatic heterocycles. The monoisotopic (exact) mass is 635 g/mol. The quantitative estimate of drug-likeness (QED) is 0.157. The molecule has 1 saturated heterocycles. The number of imide groups is 1. The van der Waals surface area contributed by atoms with E-state index in [0.717, 1.165) is 34.1 Å². The van der Waals surface area contributed by atoms with Crippen LogP contribution in [0.2, 0.25) is 0 Å². The maximum absolute atomic E-state index is 14.0. The summed E-state index contributed by atoms with van der Waals surface area (Å²) in [7, 11) is 0. The molecule has 8 nitrogen and oxygen atoms in total.